The predicted octanol–water partition coefficient (Wildman–Crippen LogP) is 3.57. The summed E-state index contributed by atoms with van der Waals surface area (Å²) in [4.78, 5) is 11.4. The topological polar surface area (TPSA) is 50.7 Å². The molecule has 0 aliphatic carbocycles. The Morgan fingerprint density at radius 1 is 0.882 bits per heavy atom. The number of benzene rings is 1. The SMILES string of the molecule is Clc1nc(Cl)nc(Nc2ccccc2Cl)n1.[Ir]. The number of para-hydroxylation sites is 1. The van der Waals surface area contributed by atoms with Crippen molar-refractivity contribution in [3.8, 4) is 0 Å². The van der Waals surface area contributed by atoms with Gasteiger partial charge in [-0.05, 0) is 35.3 Å². The van der Waals surface area contributed by atoms with Gasteiger partial charge in [0.15, 0.2) is 0 Å². The van der Waals surface area contributed by atoms with Crippen LogP contribution in [0.3, 0.4) is 0 Å². The van der Waals surface area contributed by atoms with Crippen molar-refractivity contribution in [2.45, 2.75) is 0 Å². The predicted molar refractivity (Wildman–Crippen MR) is 64.6 cm³/mol. The number of halogens is 3. The van der Waals surface area contributed by atoms with Gasteiger partial charge in [0.1, 0.15) is 0 Å². The number of nitrogens with one attached hydrogen (secondary N) is 1. The van der Waals surface area contributed by atoms with Crippen LogP contribution in [0.25, 0.3) is 0 Å². The van der Waals surface area contributed by atoms with Crippen LogP contribution in [0.2, 0.25) is 15.6 Å². The molecule has 2 aromatic rings. The molecule has 0 aliphatic rings. The van der Waals surface area contributed by atoms with Crippen molar-refractivity contribution >= 4 is 46.4 Å². The van der Waals surface area contributed by atoms with Gasteiger partial charge in [-0.25, -0.2) is 0 Å². The van der Waals surface area contributed by atoms with Gasteiger partial charge in [-0.2, -0.15) is 15.0 Å². The molecule has 1 N–H and O–H groups in total. The Morgan fingerprint density at radius 2 is 1.47 bits per heavy atom. The molecule has 0 fully saturated rings. The Bertz CT molecular complexity index is 503. The molecule has 8 heteroatoms. The summed E-state index contributed by atoms with van der Waals surface area (Å²) in [5.41, 5.74) is 0.669. The maximum atomic E-state index is 5.95. The van der Waals surface area contributed by atoms with Crippen LogP contribution < -0.4 is 5.32 Å². The maximum absolute atomic E-state index is 5.95. The van der Waals surface area contributed by atoms with Crippen LogP contribution in [0.1, 0.15) is 0 Å². The van der Waals surface area contributed by atoms with Crippen LogP contribution in [0.4, 0.5) is 11.6 Å². The van der Waals surface area contributed by atoms with E-state index in [9.17, 15) is 0 Å². The Morgan fingerprint density at radius 3 is 2.06 bits per heavy atom. The van der Waals surface area contributed by atoms with E-state index in [-0.39, 0.29) is 36.6 Å². The zero-order chi connectivity index (χ0) is 11.5. The van der Waals surface area contributed by atoms with Crippen LogP contribution in [0.5, 0.6) is 0 Å². The Hall–Kier alpha value is -0.451. The number of hydrogen-bond donors (Lipinski definition) is 1. The van der Waals surface area contributed by atoms with Gasteiger partial charge in [0, 0.05) is 20.1 Å². The van der Waals surface area contributed by atoms with E-state index in [1.165, 1.54) is 0 Å². The Kier molecular flexibility index (Phi) is 5.56. The molecule has 2 rings (SSSR count). The van der Waals surface area contributed by atoms with Gasteiger partial charge in [0.05, 0.1) is 10.7 Å². The summed E-state index contributed by atoms with van der Waals surface area (Å²) >= 11 is 17.2. The molecule has 0 bridgehead atoms. The molecule has 91 valence electrons. The fourth-order valence-corrected chi connectivity index (χ4v) is 1.61. The molecule has 0 atom stereocenters. The molecule has 1 heterocycles. The van der Waals surface area contributed by atoms with Crippen molar-refractivity contribution in [3.05, 3.63) is 39.9 Å². The van der Waals surface area contributed by atoms with Crippen LogP contribution in [-0.2, 0) is 20.1 Å². The first-order valence-corrected chi connectivity index (χ1v) is 5.37. The number of rotatable bonds is 2. The second-order valence-electron chi connectivity index (χ2n) is 2.80. The number of aromatic nitrogens is 3. The van der Waals surface area contributed by atoms with Crippen LogP contribution >= 0.6 is 34.8 Å². The first-order valence-electron chi connectivity index (χ1n) is 4.24. The van der Waals surface area contributed by atoms with E-state index in [0.29, 0.717) is 10.7 Å². The van der Waals surface area contributed by atoms with Crippen molar-refractivity contribution < 1.29 is 20.1 Å². The van der Waals surface area contributed by atoms with E-state index in [4.69, 9.17) is 34.8 Å². The van der Waals surface area contributed by atoms with Gasteiger partial charge >= 0.3 is 0 Å². The summed E-state index contributed by atoms with van der Waals surface area (Å²) in [6, 6.07) is 7.18. The summed E-state index contributed by atoms with van der Waals surface area (Å²) in [7, 11) is 0. The minimum atomic E-state index is 0. The quantitative estimate of drug-likeness (QED) is 0.734. The minimum Gasteiger partial charge on any atom is -0.323 e. The molecular weight excluding hydrogens is 463 g/mol. The monoisotopic (exact) mass is 467 g/mol. The van der Waals surface area contributed by atoms with Crippen LogP contribution in [0, 0.1) is 0 Å². The molecule has 1 radical (unpaired) electrons. The average Bonchev–Trinajstić information content (AvgIpc) is 2.20. The normalized spacial score (nSPS) is 9.59. The van der Waals surface area contributed by atoms with Gasteiger partial charge in [-0.15, -0.1) is 0 Å². The van der Waals surface area contributed by atoms with Crippen molar-refractivity contribution in [2.24, 2.45) is 0 Å². The van der Waals surface area contributed by atoms with Crippen molar-refractivity contribution in [3.63, 3.8) is 0 Å². The molecule has 0 amide bonds. The molecule has 0 aliphatic heterocycles. The summed E-state index contributed by atoms with van der Waals surface area (Å²) in [5.74, 6) is 0.248. The Labute approximate surface area is 126 Å². The van der Waals surface area contributed by atoms with Crippen molar-refractivity contribution in [1.29, 1.82) is 0 Å². The van der Waals surface area contributed by atoms with E-state index in [0.717, 1.165) is 0 Å². The fourth-order valence-electron chi connectivity index (χ4n) is 1.06. The van der Waals surface area contributed by atoms with Gasteiger partial charge in [0.2, 0.25) is 16.5 Å². The third-order valence-electron chi connectivity index (χ3n) is 1.70. The zero-order valence-corrected chi connectivity index (χ0v) is 12.8. The molecule has 0 saturated heterocycles. The van der Waals surface area contributed by atoms with Gasteiger partial charge in [-0.3, -0.25) is 0 Å². The summed E-state index contributed by atoms with van der Waals surface area (Å²) < 4.78 is 0. The molecule has 1 aromatic carbocycles. The van der Waals surface area contributed by atoms with E-state index in [1.807, 2.05) is 12.1 Å². The first-order chi connectivity index (χ1) is 7.65. The van der Waals surface area contributed by atoms with Crippen molar-refractivity contribution in [2.75, 3.05) is 5.32 Å². The van der Waals surface area contributed by atoms with Gasteiger partial charge in [0.25, 0.3) is 0 Å². The van der Waals surface area contributed by atoms with E-state index >= 15 is 0 Å². The average molecular weight is 468 g/mol. The summed E-state index contributed by atoms with van der Waals surface area (Å²) in [6.07, 6.45) is 0. The van der Waals surface area contributed by atoms with Gasteiger partial charge in [-0.1, -0.05) is 23.7 Å². The molecule has 1 aromatic heterocycles. The number of anilines is 2. The number of nitrogens with zero attached hydrogens (tertiary/aromatic N) is 3. The third-order valence-corrected chi connectivity index (χ3v) is 2.37. The summed E-state index contributed by atoms with van der Waals surface area (Å²) in [5, 5.41) is 3.49. The fraction of sp³-hybridized carbons (Fsp3) is 0. The van der Waals surface area contributed by atoms with E-state index < -0.39 is 0 Å². The largest absolute Gasteiger partial charge is 0.323 e. The molecule has 4 nitrogen and oxygen atoms in total. The second-order valence-corrected chi connectivity index (χ2v) is 3.89. The van der Waals surface area contributed by atoms with Crippen LogP contribution in [0.15, 0.2) is 24.3 Å². The van der Waals surface area contributed by atoms with Crippen LogP contribution in [-0.4, -0.2) is 15.0 Å². The molecule has 0 spiro atoms. The first kappa shape index (κ1) is 14.6. The number of hydrogen-bond acceptors (Lipinski definition) is 4. The summed E-state index contributed by atoms with van der Waals surface area (Å²) in [6.45, 7) is 0. The van der Waals surface area contributed by atoms with E-state index in [2.05, 4.69) is 20.3 Å². The zero-order valence-electron chi connectivity index (χ0n) is 8.12. The van der Waals surface area contributed by atoms with Crippen molar-refractivity contribution in [1.82, 2.24) is 15.0 Å². The molecule has 17 heavy (non-hydrogen) atoms. The van der Waals surface area contributed by atoms with E-state index in [1.54, 1.807) is 12.1 Å². The third kappa shape index (κ3) is 4.05. The molecular formula is C9H5Cl3IrN4. The Balaban J connectivity index is 0.00000144. The minimum absolute atomic E-state index is 0. The maximum Gasteiger partial charge on any atom is 0.232 e. The molecule has 0 unspecified atom stereocenters. The van der Waals surface area contributed by atoms with Gasteiger partial charge < -0.3 is 5.32 Å². The standard InChI is InChI=1S/C9H5Cl3N4.Ir/c10-5-3-1-2-4-6(5)13-9-15-7(11)14-8(12)16-9;/h1-4H,(H,13,14,15,16);. The second kappa shape index (κ2) is 6.47. The molecule has 0 saturated carbocycles. The smallest absolute Gasteiger partial charge is 0.232 e.